The molecule has 0 fully saturated rings. The first-order valence-corrected chi connectivity index (χ1v) is 27.2. The summed E-state index contributed by atoms with van der Waals surface area (Å²) < 4.78 is 35.8. The van der Waals surface area contributed by atoms with E-state index in [-0.39, 0.29) is 13.2 Å². The van der Waals surface area contributed by atoms with Crippen LogP contribution in [0.2, 0.25) is 0 Å². The monoisotopic (exact) mass is 887 g/mol. The molecular weight excluding hydrogens is 790 g/mol. The van der Waals surface area contributed by atoms with E-state index in [0.717, 1.165) is 64.2 Å². The van der Waals surface area contributed by atoms with Crippen molar-refractivity contribution in [3.05, 3.63) is 0 Å². The molecule has 2 atom stereocenters. The van der Waals surface area contributed by atoms with Crippen molar-refractivity contribution in [2.45, 2.75) is 238 Å². The molecule has 0 spiro atoms. The molecule has 0 saturated carbocycles. The van der Waals surface area contributed by atoms with Crippen molar-refractivity contribution in [1.29, 1.82) is 0 Å². The molecule has 358 valence electrons. The van der Waals surface area contributed by atoms with Crippen molar-refractivity contribution in [2.24, 2.45) is 0 Å². The van der Waals surface area contributed by atoms with Gasteiger partial charge in [-0.25, -0.2) is 4.57 Å². The number of hydrogen-bond donors (Lipinski definition) is 1. The van der Waals surface area contributed by atoms with Gasteiger partial charge in [-0.3, -0.25) is 9.05 Å². The number of unbranched alkanes of at least 4 members (excludes halogenated alkanes) is 30. The van der Waals surface area contributed by atoms with Crippen LogP contribution in [0.25, 0.3) is 0 Å². The lowest BCUT2D eigenvalue weighted by atomic mass is 10.1. The third-order valence-electron chi connectivity index (χ3n) is 10.9. The van der Waals surface area contributed by atoms with Crippen LogP contribution in [-0.4, -0.2) is 76.2 Å². The van der Waals surface area contributed by atoms with Crippen molar-refractivity contribution >= 4 is 7.82 Å². The lowest BCUT2D eigenvalue weighted by Crippen LogP contribution is -2.37. The number of ether oxygens (including phenoxy) is 2. The van der Waals surface area contributed by atoms with Gasteiger partial charge in [-0.15, -0.1) is 0 Å². The molecule has 0 aromatic carbocycles. The van der Waals surface area contributed by atoms with Crippen LogP contribution >= 0.6 is 7.82 Å². The van der Waals surface area contributed by atoms with E-state index >= 15 is 0 Å². The quantitative estimate of drug-likeness (QED) is 0.0284. The fourth-order valence-electron chi connectivity index (χ4n) is 6.88. The minimum Gasteiger partial charge on any atom is -0.379 e. The molecule has 8 heteroatoms. The van der Waals surface area contributed by atoms with Crippen LogP contribution in [0.3, 0.4) is 0 Å². The zero-order valence-corrected chi connectivity index (χ0v) is 42.1. The molecule has 1 N–H and O–H groups in total. The average molecular weight is 887 g/mol. The standard InChI is InChI=1S/C54H96NO6P/c1-6-8-10-12-14-16-18-20-22-24-26-28-30-32-34-36-38-40-42-44-46-49-58-52-54(53-61-62(56,57)60-51-48-55(3,4)5)59-50-47-45-43-41-39-37-35-33-31-29-27-25-23-21-19-17-15-13-11-9-7-2/h54H,6-23,32-53H2,1-5H3/p+1. The van der Waals surface area contributed by atoms with Crippen LogP contribution < -0.4 is 0 Å². The number of phosphoric ester groups is 1. The zero-order valence-electron chi connectivity index (χ0n) is 41.2. The summed E-state index contributed by atoms with van der Waals surface area (Å²) in [4.78, 5) is 10.3. The molecule has 0 amide bonds. The Bertz CT molecular complexity index is 1280. The number of hydrogen-bond acceptors (Lipinski definition) is 5. The molecule has 0 aromatic heterocycles. The summed E-state index contributed by atoms with van der Waals surface area (Å²) in [7, 11) is 1.85. The number of likely N-dealkylation sites (N-methyl/N-ethyl adjacent to an activating group) is 1. The second-order valence-corrected chi connectivity index (χ2v) is 19.7. The molecular formula is C54H97NO6P+. The fourth-order valence-corrected chi connectivity index (χ4v) is 7.62. The highest BCUT2D eigenvalue weighted by Gasteiger charge is 2.25. The fraction of sp³-hybridized carbons (Fsp3) is 0.852. The molecule has 0 aromatic rings. The van der Waals surface area contributed by atoms with E-state index < -0.39 is 13.9 Å². The van der Waals surface area contributed by atoms with Gasteiger partial charge in [-0.2, -0.15) is 0 Å². The van der Waals surface area contributed by atoms with Crippen molar-refractivity contribution in [3.8, 4) is 47.4 Å². The molecule has 0 aliphatic heterocycles. The summed E-state index contributed by atoms with van der Waals surface area (Å²) >= 11 is 0. The first kappa shape index (κ1) is 60.2. The highest BCUT2D eigenvalue weighted by atomic mass is 31.2. The van der Waals surface area contributed by atoms with Gasteiger partial charge in [0.15, 0.2) is 0 Å². The van der Waals surface area contributed by atoms with E-state index in [1.54, 1.807) is 0 Å². The second-order valence-electron chi connectivity index (χ2n) is 18.3. The van der Waals surface area contributed by atoms with Gasteiger partial charge in [-0.05, 0) is 62.2 Å². The topological polar surface area (TPSA) is 74.2 Å². The Kier molecular flexibility index (Phi) is 45.9. The van der Waals surface area contributed by atoms with Gasteiger partial charge in [-0.1, -0.05) is 192 Å². The van der Waals surface area contributed by atoms with Crippen LogP contribution in [0.15, 0.2) is 0 Å². The number of nitrogens with zero attached hydrogens (tertiary/aromatic N) is 1. The highest BCUT2D eigenvalue weighted by Crippen LogP contribution is 2.43. The summed E-state index contributed by atoms with van der Waals surface area (Å²) in [5.41, 5.74) is 0. The first-order valence-electron chi connectivity index (χ1n) is 25.7. The SMILES string of the molecule is CCCCCCCCCCC#CC#CCCCCCCCCCOCC(COP(=O)(O)OCC[N+](C)(C)C)OCCCCCCCCCC#CC#CCCCCCCCCCC. The Hall–Kier alpha value is -1.77. The summed E-state index contributed by atoms with van der Waals surface area (Å²) in [6.45, 7) is 6.78. The smallest absolute Gasteiger partial charge is 0.379 e. The maximum absolute atomic E-state index is 12.5. The molecule has 62 heavy (non-hydrogen) atoms. The van der Waals surface area contributed by atoms with Crippen molar-refractivity contribution in [3.63, 3.8) is 0 Å². The van der Waals surface area contributed by atoms with Crippen LogP contribution in [0.5, 0.6) is 0 Å². The predicted octanol–water partition coefficient (Wildman–Crippen LogP) is 14.5. The molecule has 0 saturated heterocycles. The second kappa shape index (κ2) is 47.2. The molecule has 0 bridgehead atoms. The summed E-state index contributed by atoms with van der Waals surface area (Å²) in [5, 5.41) is 0. The number of phosphoric acid groups is 1. The minimum atomic E-state index is -4.17. The molecule has 0 rings (SSSR count). The largest absolute Gasteiger partial charge is 0.472 e. The van der Waals surface area contributed by atoms with E-state index in [0.29, 0.717) is 30.8 Å². The van der Waals surface area contributed by atoms with Gasteiger partial charge in [0.25, 0.3) is 0 Å². The minimum absolute atomic E-state index is 0.0395. The maximum Gasteiger partial charge on any atom is 0.472 e. The maximum atomic E-state index is 12.5. The Morgan fingerprint density at radius 2 is 0.774 bits per heavy atom. The number of quaternary nitrogens is 1. The van der Waals surface area contributed by atoms with E-state index in [2.05, 4.69) is 61.2 Å². The lowest BCUT2D eigenvalue weighted by molar-refractivity contribution is -0.870. The molecule has 7 nitrogen and oxygen atoms in total. The number of rotatable bonds is 44. The summed E-state index contributed by atoms with van der Waals surface area (Å²) in [6, 6.07) is 0. The van der Waals surface area contributed by atoms with Gasteiger partial charge < -0.3 is 18.9 Å². The van der Waals surface area contributed by atoms with E-state index in [1.807, 2.05) is 21.1 Å². The van der Waals surface area contributed by atoms with Crippen molar-refractivity contribution in [1.82, 2.24) is 0 Å². The Morgan fingerprint density at radius 3 is 1.15 bits per heavy atom. The average Bonchev–Trinajstić information content (AvgIpc) is 3.24. The third-order valence-corrected chi connectivity index (χ3v) is 11.9. The van der Waals surface area contributed by atoms with Gasteiger partial charge in [0.1, 0.15) is 19.3 Å². The van der Waals surface area contributed by atoms with E-state index in [4.69, 9.17) is 18.5 Å². The Labute approximate surface area is 385 Å². The summed E-state index contributed by atoms with van der Waals surface area (Å²) in [6.07, 6.45) is 40.9. The van der Waals surface area contributed by atoms with Gasteiger partial charge >= 0.3 is 7.82 Å². The molecule has 0 aliphatic carbocycles. The van der Waals surface area contributed by atoms with Crippen LogP contribution in [0, 0.1) is 47.4 Å². The normalized spacial score (nSPS) is 12.5. The summed E-state index contributed by atoms with van der Waals surface area (Å²) in [5.74, 6) is 25.0. The van der Waals surface area contributed by atoms with E-state index in [9.17, 15) is 9.46 Å². The zero-order chi connectivity index (χ0) is 45.3. The first-order chi connectivity index (χ1) is 30.2. The molecule has 0 heterocycles. The molecule has 2 unspecified atom stereocenters. The van der Waals surface area contributed by atoms with Gasteiger partial charge in [0.2, 0.25) is 0 Å². The van der Waals surface area contributed by atoms with Crippen LogP contribution in [0.1, 0.15) is 232 Å². The predicted molar refractivity (Wildman–Crippen MR) is 265 cm³/mol. The van der Waals surface area contributed by atoms with Gasteiger partial charge in [0.05, 0.1) is 34.4 Å². The van der Waals surface area contributed by atoms with Crippen molar-refractivity contribution in [2.75, 3.05) is 60.7 Å². The highest BCUT2D eigenvalue weighted by molar-refractivity contribution is 7.47. The lowest BCUT2D eigenvalue weighted by Gasteiger charge is -2.24. The van der Waals surface area contributed by atoms with E-state index in [1.165, 1.54) is 154 Å². The Balaban J connectivity index is 4.12. The van der Waals surface area contributed by atoms with Crippen LogP contribution in [-0.2, 0) is 23.1 Å². The van der Waals surface area contributed by atoms with Gasteiger partial charge in [0, 0.05) is 38.9 Å². The third kappa shape index (κ3) is 50.9. The van der Waals surface area contributed by atoms with Crippen LogP contribution in [0.4, 0.5) is 0 Å². The molecule has 0 aliphatic rings. The Morgan fingerprint density at radius 1 is 0.435 bits per heavy atom. The molecule has 0 radical (unpaired) electrons. The van der Waals surface area contributed by atoms with Crippen molar-refractivity contribution < 1.29 is 32.5 Å².